The van der Waals surface area contributed by atoms with Crippen LogP contribution in [-0.4, -0.2) is 42.7 Å². The second-order valence-electron chi connectivity index (χ2n) is 8.57. The molecule has 1 atom stereocenters. The SMILES string of the molecule is Cc1cc(C)cc(N2C[C@@H](c3nnc(NC(=O)CCS(=O)(=O)Cc4ccccc4)s3)CC2=O)c1. The zero-order valence-corrected chi connectivity index (χ0v) is 20.7. The predicted octanol–water partition coefficient (Wildman–Crippen LogP) is 3.62. The van der Waals surface area contributed by atoms with E-state index in [-0.39, 0.29) is 29.8 Å². The maximum Gasteiger partial charge on any atom is 0.227 e. The lowest BCUT2D eigenvalue weighted by molar-refractivity contribution is -0.117. The molecule has 0 radical (unpaired) electrons. The average molecular weight is 499 g/mol. The maximum atomic E-state index is 12.6. The van der Waals surface area contributed by atoms with Crippen LogP contribution in [0.1, 0.15) is 40.5 Å². The van der Waals surface area contributed by atoms with Crippen LogP contribution >= 0.6 is 11.3 Å². The summed E-state index contributed by atoms with van der Waals surface area (Å²) in [6.45, 7) is 4.50. The first-order valence-electron chi connectivity index (χ1n) is 10.9. The number of nitrogens with one attached hydrogen (secondary N) is 1. The number of rotatable bonds is 8. The lowest BCUT2D eigenvalue weighted by Gasteiger charge is -2.17. The Hall–Kier alpha value is -3.11. The number of sulfone groups is 1. The molecule has 10 heteroatoms. The van der Waals surface area contributed by atoms with E-state index in [1.807, 2.05) is 32.0 Å². The highest BCUT2D eigenvalue weighted by atomic mass is 32.2. The van der Waals surface area contributed by atoms with Gasteiger partial charge in [0.2, 0.25) is 16.9 Å². The van der Waals surface area contributed by atoms with Crippen LogP contribution in [0.2, 0.25) is 0 Å². The van der Waals surface area contributed by atoms with Crippen molar-refractivity contribution < 1.29 is 18.0 Å². The van der Waals surface area contributed by atoms with Gasteiger partial charge in [0.15, 0.2) is 9.84 Å². The fourth-order valence-electron chi connectivity index (χ4n) is 4.01. The van der Waals surface area contributed by atoms with Gasteiger partial charge in [0.05, 0.1) is 11.5 Å². The van der Waals surface area contributed by atoms with Gasteiger partial charge >= 0.3 is 0 Å². The van der Waals surface area contributed by atoms with Crippen LogP contribution in [0.5, 0.6) is 0 Å². The minimum atomic E-state index is -3.41. The predicted molar refractivity (Wildman–Crippen MR) is 133 cm³/mol. The summed E-state index contributed by atoms with van der Waals surface area (Å²) in [6, 6.07) is 14.9. The van der Waals surface area contributed by atoms with Crippen LogP contribution in [0.3, 0.4) is 0 Å². The van der Waals surface area contributed by atoms with Crippen molar-refractivity contribution in [3.63, 3.8) is 0 Å². The molecule has 0 aliphatic carbocycles. The first-order valence-corrected chi connectivity index (χ1v) is 13.6. The second-order valence-corrected chi connectivity index (χ2v) is 11.8. The van der Waals surface area contributed by atoms with Crippen LogP contribution in [0.15, 0.2) is 48.5 Å². The number of benzene rings is 2. The molecule has 1 N–H and O–H groups in total. The van der Waals surface area contributed by atoms with Gasteiger partial charge in [-0.15, -0.1) is 10.2 Å². The Balaban J connectivity index is 1.32. The van der Waals surface area contributed by atoms with Crippen LogP contribution in [0, 0.1) is 13.8 Å². The number of anilines is 2. The Kier molecular flexibility index (Phi) is 7.08. The third kappa shape index (κ3) is 6.06. The highest BCUT2D eigenvalue weighted by molar-refractivity contribution is 7.90. The van der Waals surface area contributed by atoms with E-state index in [2.05, 4.69) is 21.6 Å². The van der Waals surface area contributed by atoms with Gasteiger partial charge < -0.3 is 10.2 Å². The van der Waals surface area contributed by atoms with Crippen molar-refractivity contribution in [2.45, 2.75) is 38.4 Å². The molecular formula is C24H26N4O4S2. The molecule has 2 aromatic carbocycles. The van der Waals surface area contributed by atoms with E-state index >= 15 is 0 Å². The molecule has 0 bridgehead atoms. The largest absolute Gasteiger partial charge is 0.312 e. The van der Waals surface area contributed by atoms with Crippen molar-refractivity contribution in [3.05, 3.63) is 70.2 Å². The maximum absolute atomic E-state index is 12.6. The van der Waals surface area contributed by atoms with Crippen molar-refractivity contribution in [2.24, 2.45) is 0 Å². The molecule has 2 heterocycles. The number of aromatic nitrogens is 2. The van der Waals surface area contributed by atoms with E-state index < -0.39 is 15.7 Å². The van der Waals surface area contributed by atoms with Gasteiger partial charge in [-0.2, -0.15) is 0 Å². The second kappa shape index (κ2) is 10.0. The third-order valence-corrected chi connectivity index (χ3v) is 8.15. The quantitative estimate of drug-likeness (QED) is 0.508. The summed E-state index contributed by atoms with van der Waals surface area (Å²) in [5.74, 6) is -0.862. The first kappa shape index (κ1) is 24.0. The molecule has 1 aliphatic heterocycles. The summed E-state index contributed by atoms with van der Waals surface area (Å²) in [4.78, 5) is 26.7. The summed E-state index contributed by atoms with van der Waals surface area (Å²) in [5, 5.41) is 11.8. The zero-order chi connectivity index (χ0) is 24.3. The molecule has 34 heavy (non-hydrogen) atoms. The van der Waals surface area contributed by atoms with E-state index in [9.17, 15) is 18.0 Å². The van der Waals surface area contributed by atoms with Crippen LogP contribution in [0.4, 0.5) is 10.8 Å². The summed E-state index contributed by atoms with van der Waals surface area (Å²) in [7, 11) is -3.41. The van der Waals surface area contributed by atoms with Crippen molar-refractivity contribution in [1.82, 2.24) is 10.2 Å². The normalized spacial score (nSPS) is 16.1. The number of hydrogen-bond acceptors (Lipinski definition) is 7. The Morgan fingerprint density at radius 2 is 1.82 bits per heavy atom. The molecule has 2 amide bonds. The van der Waals surface area contributed by atoms with Crippen molar-refractivity contribution in [2.75, 3.05) is 22.5 Å². The highest BCUT2D eigenvalue weighted by Gasteiger charge is 2.34. The Labute approximate surface area is 202 Å². The van der Waals surface area contributed by atoms with Gasteiger partial charge in [0, 0.05) is 31.0 Å². The molecular weight excluding hydrogens is 472 g/mol. The lowest BCUT2D eigenvalue weighted by Crippen LogP contribution is -2.24. The smallest absolute Gasteiger partial charge is 0.227 e. The standard InChI is InChI=1S/C24H26N4O4S2/c1-16-10-17(2)12-20(11-16)28-14-19(13-22(28)30)23-26-27-24(33-23)25-21(29)8-9-34(31,32)15-18-6-4-3-5-7-18/h3-7,10-12,19H,8-9,13-15H2,1-2H3,(H,25,27,29)/t19-/m0/s1. The van der Waals surface area contributed by atoms with E-state index in [4.69, 9.17) is 0 Å². The van der Waals surface area contributed by atoms with Gasteiger partial charge in [-0.25, -0.2) is 8.42 Å². The molecule has 8 nitrogen and oxygen atoms in total. The number of hydrogen-bond donors (Lipinski definition) is 1. The number of carbonyl (C=O) groups is 2. The molecule has 0 saturated carbocycles. The Morgan fingerprint density at radius 3 is 2.53 bits per heavy atom. The molecule has 1 aliphatic rings. The van der Waals surface area contributed by atoms with Crippen molar-refractivity contribution in [3.8, 4) is 0 Å². The number of amides is 2. The highest BCUT2D eigenvalue weighted by Crippen LogP contribution is 2.34. The van der Waals surface area contributed by atoms with Gasteiger partial charge in [0.25, 0.3) is 0 Å². The van der Waals surface area contributed by atoms with Crippen molar-refractivity contribution >= 4 is 43.8 Å². The number of carbonyl (C=O) groups excluding carboxylic acids is 2. The van der Waals surface area contributed by atoms with Gasteiger partial charge in [0.1, 0.15) is 5.01 Å². The fraction of sp³-hybridized carbons (Fsp3) is 0.333. The van der Waals surface area contributed by atoms with Crippen LogP contribution < -0.4 is 10.2 Å². The first-order chi connectivity index (χ1) is 16.2. The number of aryl methyl sites for hydroxylation is 2. The molecule has 1 fully saturated rings. The third-order valence-electron chi connectivity index (χ3n) is 5.55. The molecule has 3 aromatic rings. The topological polar surface area (TPSA) is 109 Å². The number of nitrogens with zero attached hydrogens (tertiary/aromatic N) is 3. The Morgan fingerprint density at radius 1 is 1.12 bits per heavy atom. The minimum Gasteiger partial charge on any atom is -0.312 e. The van der Waals surface area contributed by atoms with E-state index in [1.165, 1.54) is 11.3 Å². The van der Waals surface area contributed by atoms with Gasteiger partial charge in [-0.05, 0) is 42.7 Å². The van der Waals surface area contributed by atoms with Crippen molar-refractivity contribution in [1.29, 1.82) is 0 Å². The molecule has 1 saturated heterocycles. The van der Waals surface area contributed by atoms with E-state index in [1.54, 1.807) is 29.2 Å². The fourth-order valence-corrected chi connectivity index (χ4v) is 6.20. The summed E-state index contributed by atoms with van der Waals surface area (Å²) >= 11 is 1.22. The minimum absolute atomic E-state index is 0.0272. The van der Waals surface area contributed by atoms with Crippen LogP contribution in [-0.2, 0) is 25.2 Å². The average Bonchev–Trinajstić information content (AvgIpc) is 3.38. The van der Waals surface area contributed by atoms with Gasteiger partial charge in [-0.3, -0.25) is 9.59 Å². The molecule has 1 aromatic heterocycles. The summed E-state index contributed by atoms with van der Waals surface area (Å²) in [5.41, 5.74) is 3.76. The Bertz CT molecular complexity index is 1290. The van der Waals surface area contributed by atoms with Crippen LogP contribution in [0.25, 0.3) is 0 Å². The molecule has 0 unspecified atom stereocenters. The zero-order valence-electron chi connectivity index (χ0n) is 19.0. The lowest BCUT2D eigenvalue weighted by atomic mass is 10.1. The monoisotopic (exact) mass is 498 g/mol. The van der Waals surface area contributed by atoms with E-state index in [0.717, 1.165) is 16.8 Å². The summed E-state index contributed by atoms with van der Waals surface area (Å²) in [6.07, 6.45) is 0.166. The van der Waals surface area contributed by atoms with E-state index in [0.29, 0.717) is 28.7 Å². The molecule has 0 spiro atoms. The summed E-state index contributed by atoms with van der Waals surface area (Å²) < 4.78 is 24.6. The molecule has 4 rings (SSSR count). The molecule has 178 valence electrons. The van der Waals surface area contributed by atoms with Gasteiger partial charge in [-0.1, -0.05) is 47.7 Å².